The third kappa shape index (κ3) is 3.05. The molecule has 2 aromatic heterocycles. The van der Waals surface area contributed by atoms with E-state index in [1.807, 2.05) is 0 Å². The van der Waals surface area contributed by atoms with E-state index in [-0.39, 0.29) is 15.2 Å². The zero-order valence-corrected chi connectivity index (χ0v) is 11.8. The highest BCUT2D eigenvalue weighted by Crippen LogP contribution is 2.26. The molecule has 0 bridgehead atoms. The van der Waals surface area contributed by atoms with Crippen LogP contribution < -0.4 is 4.72 Å². The Balaban J connectivity index is 2.16. The molecule has 0 saturated carbocycles. The van der Waals surface area contributed by atoms with Gasteiger partial charge in [-0.05, 0) is 24.6 Å². The summed E-state index contributed by atoms with van der Waals surface area (Å²) >= 11 is 6.64. The van der Waals surface area contributed by atoms with E-state index in [2.05, 4.69) is 14.7 Å². The van der Waals surface area contributed by atoms with E-state index in [1.54, 1.807) is 31.5 Å². The van der Waals surface area contributed by atoms with Crippen LogP contribution in [0.25, 0.3) is 0 Å². The largest absolute Gasteiger partial charge is 0.265 e. The van der Waals surface area contributed by atoms with Crippen LogP contribution in [-0.4, -0.2) is 18.4 Å². The van der Waals surface area contributed by atoms with E-state index in [0.29, 0.717) is 5.69 Å². The second-order valence-corrected chi connectivity index (χ2v) is 7.06. The number of hydrogen-bond acceptors (Lipinski definition) is 5. The van der Waals surface area contributed by atoms with E-state index in [0.717, 1.165) is 16.9 Å². The number of halogens is 1. The molecule has 0 unspecified atom stereocenters. The first-order valence-electron chi connectivity index (χ1n) is 5.00. The van der Waals surface area contributed by atoms with Crippen molar-refractivity contribution in [3.05, 3.63) is 40.3 Å². The summed E-state index contributed by atoms with van der Waals surface area (Å²) in [5, 5.41) is 0. The van der Waals surface area contributed by atoms with E-state index in [9.17, 15) is 8.42 Å². The first-order chi connectivity index (χ1) is 8.49. The Kier molecular flexibility index (Phi) is 3.96. The Morgan fingerprint density at radius 2 is 2.06 bits per heavy atom. The topological polar surface area (TPSA) is 72.0 Å². The summed E-state index contributed by atoms with van der Waals surface area (Å²) in [4.78, 5) is 7.75. The van der Waals surface area contributed by atoms with Crippen molar-refractivity contribution < 1.29 is 8.42 Å². The third-order valence-electron chi connectivity index (χ3n) is 2.19. The SMILES string of the molecule is Cc1nc(Cl)sc1S(=O)(=O)NCc1ccncc1. The summed E-state index contributed by atoms with van der Waals surface area (Å²) < 4.78 is 26.9. The van der Waals surface area contributed by atoms with Crippen molar-refractivity contribution in [2.45, 2.75) is 17.7 Å². The molecule has 8 heteroatoms. The molecule has 0 amide bonds. The summed E-state index contributed by atoms with van der Waals surface area (Å²) in [6.07, 6.45) is 3.22. The highest BCUT2D eigenvalue weighted by atomic mass is 35.5. The Bertz CT molecular complexity index is 640. The maximum Gasteiger partial charge on any atom is 0.252 e. The maximum absolute atomic E-state index is 12.0. The molecule has 1 N–H and O–H groups in total. The van der Waals surface area contributed by atoms with Gasteiger partial charge in [-0.3, -0.25) is 4.98 Å². The van der Waals surface area contributed by atoms with Crippen LogP contribution in [0.3, 0.4) is 0 Å². The quantitative estimate of drug-likeness (QED) is 0.937. The fourth-order valence-electron chi connectivity index (χ4n) is 1.34. The lowest BCUT2D eigenvalue weighted by atomic mass is 10.3. The molecule has 0 spiro atoms. The summed E-state index contributed by atoms with van der Waals surface area (Å²) in [6.45, 7) is 1.82. The lowest BCUT2D eigenvalue weighted by molar-refractivity contribution is 0.582. The van der Waals surface area contributed by atoms with Crippen LogP contribution in [0.15, 0.2) is 28.7 Å². The monoisotopic (exact) mass is 303 g/mol. The molecule has 0 aromatic carbocycles. The van der Waals surface area contributed by atoms with Crippen LogP contribution in [0.1, 0.15) is 11.3 Å². The standard InChI is InChI=1S/C10H10ClN3O2S2/c1-7-9(17-10(11)14-7)18(15,16)13-6-8-2-4-12-5-3-8/h2-5,13H,6H2,1H3. The molecule has 18 heavy (non-hydrogen) atoms. The van der Waals surface area contributed by atoms with Gasteiger partial charge in [-0.2, -0.15) is 0 Å². The van der Waals surface area contributed by atoms with Gasteiger partial charge in [0.15, 0.2) is 8.68 Å². The van der Waals surface area contributed by atoms with Crippen molar-refractivity contribution in [2.75, 3.05) is 0 Å². The Morgan fingerprint density at radius 1 is 1.39 bits per heavy atom. The number of thiazole rings is 1. The first-order valence-corrected chi connectivity index (χ1v) is 7.68. The second kappa shape index (κ2) is 5.31. The molecule has 0 radical (unpaired) electrons. The number of hydrogen-bond donors (Lipinski definition) is 1. The van der Waals surface area contributed by atoms with Crippen LogP contribution >= 0.6 is 22.9 Å². The first kappa shape index (κ1) is 13.4. The van der Waals surface area contributed by atoms with Crippen molar-refractivity contribution in [2.24, 2.45) is 0 Å². The highest BCUT2D eigenvalue weighted by molar-refractivity contribution is 7.91. The van der Waals surface area contributed by atoms with Crippen LogP contribution in [0.5, 0.6) is 0 Å². The van der Waals surface area contributed by atoms with Crippen LogP contribution in [0.2, 0.25) is 4.47 Å². The van der Waals surface area contributed by atoms with Gasteiger partial charge in [0.25, 0.3) is 10.0 Å². The lowest BCUT2D eigenvalue weighted by Crippen LogP contribution is -2.23. The second-order valence-electron chi connectivity index (χ2n) is 3.52. The molecule has 0 atom stereocenters. The van der Waals surface area contributed by atoms with E-state index in [1.165, 1.54) is 0 Å². The number of pyridine rings is 1. The normalized spacial score (nSPS) is 11.7. The zero-order valence-electron chi connectivity index (χ0n) is 9.42. The average Bonchev–Trinajstić information content (AvgIpc) is 2.68. The van der Waals surface area contributed by atoms with Crippen molar-refractivity contribution >= 4 is 33.0 Å². The summed E-state index contributed by atoms with van der Waals surface area (Å²) in [5.74, 6) is 0. The molecule has 2 aromatic rings. The number of aryl methyl sites for hydroxylation is 1. The van der Waals surface area contributed by atoms with Crippen LogP contribution in [-0.2, 0) is 16.6 Å². The van der Waals surface area contributed by atoms with Crippen LogP contribution in [0.4, 0.5) is 0 Å². The smallest absolute Gasteiger partial charge is 0.252 e. The highest BCUT2D eigenvalue weighted by Gasteiger charge is 2.20. The Labute approximate surface area is 114 Å². The van der Waals surface area contributed by atoms with Gasteiger partial charge in [-0.1, -0.05) is 22.9 Å². The van der Waals surface area contributed by atoms with E-state index < -0.39 is 10.0 Å². The van der Waals surface area contributed by atoms with Gasteiger partial charge in [0, 0.05) is 18.9 Å². The van der Waals surface area contributed by atoms with Crippen molar-refractivity contribution in [1.82, 2.24) is 14.7 Å². The van der Waals surface area contributed by atoms with Gasteiger partial charge in [-0.15, -0.1) is 0 Å². The van der Waals surface area contributed by atoms with Gasteiger partial charge in [-0.25, -0.2) is 18.1 Å². The van der Waals surface area contributed by atoms with Gasteiger partial charge in [0.05, 0.1) is 5.69 Å². The molecule has 96 valence electrons. The summed E-state index contributed by atoms with van der Waals surface area (Å²) in [7, 11) is -3.57. The van der Waals surface area contributed by atoms with Gasteiger partial charge in [0.1, 0.15) is 0 Å². The molecule has 2 heterocycles. The number of aromatic nitrogens is 2. The molecule has 0 saturated heterocycles. The Hall–Kier alpha value is -1.02. The number of nitrogens with zero attached hydrogens (tertiary/aromatic N) is 2. The van der Waals surface area contributed by atoms with Crippen molar-refractivity contribution in [1.29, 1.82) is 0 Å². The van der Waals surface area contributed by atoms with Gasteiger partial charge >= 0.3 is 0 Å². The lowest BCUT2D eigenvalue weighted by Gasteiger charge is -2.04. The molecule has 0 fully saturated rings. The number of sulfonamides is 1. The zero-order chi connectivity index (χ0) is 13.2. The number of nitrogens with one attached hydrogen (secondary N) is 1. The molecular weight excluding hydrogens is 294 g/mol. The van der Waals surface area contributed by atoms with E-state index in [4.69, 9.17) is 11.6 Å². The minimum absolute atomic E-state index is 0.154. The molecule has 0 aliphatic carbocycles. The van der Waals surface area contributed by atoms with Crippen molar-refractivity contribution in [3.8, 4) is 0 Å². The predicted molar refractivity (Wildman–Crippen MR) is 70.1 cm³/mol. The van der Waals surface area contributed by atoms with Gasteiger partial charge < -0.3 is 0 Å². The van der Waals surface area contributed by atoms with E-state index >= 15 is 0 Å². The number of rotatable bonds is 4. The predicted octanol–water partition coefficient (Wildman–Crippen LogP) is 1.98. The van der Waals surface area contributed by atoms with Crippen LogP contribution in [0, 0.1) is 6.92 Å². The maximum atomic E-state index is 12.0. The minimum Gasteiger partial charge on any atom is -0.265 e. The minimum atomic E-state index is -3.57. The molecule has 0 aliphatic heterocycles. The molecule has 0 aliphatic rings. The average molecular weight is 304 g/mol. The summed E-state index contributed by atoms with van der Waals surface area (Å²) in [5.41, 5.74) is 1.24. The third-order valence-corrected chi connectivity index (χ3v) is 5.46. The fourth-order valence-corrected chi connectivity index (χ4v) is 4.14. The Morgan fingerprint density at radius 3 is 2.61 bits per heavy atom. The fraction of sp³-hybridized carbons (Fsp3) is 0.200. The molecule has 2 rings (SSSR count). The molecular formula is C10H10ClN3O2S2. The van der Waals surface area contributed by atoms with Gasteiger partial charge in [0.2, 0.25) is 0 Å². The molecule has 5 nitrogen and oxygen atoms in total. The summed E-state index contributed by atoms with van der Waals surface area (Å²) in [6, 6.07) is 3.49. The van der Waals surface area contributed by atoms with Crippen molar-refractivity contribution in [3.63, 3.8) is 0 Å².